The number of hydrogen-bond donors (Lipinski definition) is 2. The van der Waals surface area contributed by atoms with Gasteiger partial charge in [0.25, 0.3) is 0 Å². The average Bonchev–Trinajstić information content (AvgIpc) is 2.30. The minimum Gasteiger partial charge on any atom is -0.379 e. The van der Waals surface area contributed by atoms with Gasteiger partial charge in [-0.15, -0.1) is 0 Å². The fraction of sp³-hybridized carbons (Fsp3) is 0.429. The monoisotopic (exact) mass is 214 g/mol. The van der Waals surface area contributed by atoms with E-state index < -0.39 is 0 Å². The maximum absolute atomic E-state index is 4.24. The quantitative estimate of drug-likeness (QED) is 0.693. The Balaban J connectivity index is 1.96. The minimum absolute atomic E-state index is 0.261. The number of para-hydroxylation sites is 1. The molecule has 0 unspecified atom stereocenters. The lowest BCUT2D eigenvalue weighted by Gasteiger charge is -2.43. The maximum atomic E-state index is 4.24. The fourth-order valence-corrected chi connectivity index (χ4v) is 2.94. The Labute approximate surface area is 96.7 Å². The molecule has 16 heavy (non-hydrogen) atoms. The van der Waals surface area contributed by atoms with E-state index in [-0.39, 0.29) is 5.54 Å². The molecule has 0 saturated carbocycles. The van der Waals surface area contributed by atoms with Gasteiger partial charge >= 0.3 is 0 Å². The SMILES string of the molecule is C=C1CC2(CCNCC2)Nc2ccccc21. The lowest BCUT2D eigenvalue weighted by Crippen LogP contribution is -2.49. The topological polar surface area (TPSA) is 24.1 Å². The second kappa shape index (κ2) is 3.63. The van der Waals surface area contributed by atoms with Crippen molar-refractivity contribution in [1.29, 1.82) is 0 Å². The number of benzene rings is 1. The van der Waals surface area contributed by atoms with E-state index in [0.717, 1.165) is 19.5 Å². The van der Waals surface area contributed by atoms with Crippen LogP contribution in [0.25, 0.3) is 5.57 Å². The third-order valence-corrected chi connectivity index (χ3v) is 3.82. The minimum atomic E-state index is 0.261. The van der Waals surface area contributed by atoms with E-state index >= 15 is 0 Å². The molecule has 84 valence electrons. The van der Waals surface area contributed by atoms with Gasteiger partial charge in [-0.1, -0.05) is 24.8 Å². The fourth-order valence-electron chi connectivity index (χ4n) is 2.94. The van der Waals surface area contributed by atoms with Gasteiger partial charge in [-0.3, -0.25) is 0 Å². The Morgan fingerprint density at radius 3 is 2.69 bits per heavy atom. The molecule has 0 radical (unpaired) electrons. The molecule has 0 aromatic heterocycles. The molecule has 2 N–H and O–H groups in total. The predicted molar refractivity (Wildman–Crippen MR) is 68.6 cm³/mol. The Hall–Kier alpha value is -1.28. The van der Waals surface area contributed by atoms with Crippen molar-refractivity contribution >= 4 is 11.3 Å². The Morgan fingerprint density at radius 2 is 1.88 bits per heavy atom. The highest BCUT2D eigenvalue weighted by Gasteiger charge is 2.36. The maximum Gasteiger partial charge on any atom is 0.0438 e. The van der Waals surface area contributed by atoms with Crippen LogP contribution in [0.2, 0.25) is 0 Å². The molecule has 0 atom stereocenters. The van der Waals surface area contributed by atoms with Gasteiger partial charge in [0.2, 0.25) is 0 Å². The summed E-state index contributed by atoms with van der Waals surface area (Å²) < 4.78 is 0. The van der Waals surface area contributed by atoms with Crippen molar-refractivity contribution < 1.29 is 0 Å². The highest BCUT2D eigenvalue weighted by Crippen LogP contribution is 2.41. The van der Waals surface area contributed by atoms with Crippen molar-refractivity contribution in [2.75, 3.05) is 18.4 Å². The standard InChI is InChI=1S/C14H18N2/c1-11-10-14(6-8-15-9-7-14)16-13-5-3-2-4-12(11)13/h2-5,15-16H,1,6-10H2. The van der Waals surface area contributed by atoms with Crippen LogP contribution in [0.3, 0.4) is 0 Å². The predicted octanol–water partition coefficient (Wildman–Crippen LogP) is 2.64. The van der Waals surface area contributed by atoms with Crippen LogP contribution in [0, 0.1) is 0 Å². The van der Waals surface area contributed by atoms with Crippen molar-refractivity contribution in [2.24, 2.45) is 0 Å². The van der Waals surface area contributed by atoms with Crippen LogP contribution >= 0.6 is 0 Å². The molecule has 2 nitrogen and oxygen atoms in total. The van der Waals surface area contributed by atoms with E-state index in [2.05, 4.69) is 41.5 Å². The van der Waals surface area contributed by atoms with E-state index in [4.69, 9.17) is 0 Å². The number of fused-ring (bicyclic) bond motifs is 1. The molecule has 1 fully saturated rings. The summed E-state index contributed by atoms with van der Waals surface area (Å²) in [5.41, 5.74) is 4.11. The van der Waals surface area contributed by atoms with Crippen molar-refractivity contribution in [2.45, 2.75) is 24.8 Å². The molecule has 2 heterocycles. The van der Waals surface area contributed by atoms with Crippen LogP contribution in [0.5, 0.6) is 0 Å². The zero-order valence-corrected chi connectivity index (χ0v) is 9.55. The van der Waals surface area contributed by atoms with Crippen LogP contribution in [0.1, 0.15) is 24.8 Å². The van der Waals surface area contributed by atoms with E-state index in [1.54, 1.807) is 0 Å². The van der Waals surface area contributed by atoms with Gasteiger partial charge in [-0.2, -0.15) is 0 Å². The second-order valence-corrected chi connectivity index (χ2v) is 4.98. The summed E-state index contributed by atoms with van der Waals surface area (Å²) in [6, 6.07) is 8.52. The number of hydrogen-bond acceptors (Lipinski definition) is 2. The van der Waals surface area contributed by atoms with Crippen molar-refractivity contribution in [1.82, 2.24) is 5.32 Å². The van der Waals surface area contributed by atoms with Gasteiger partial charge < -0.3 is 10.6 Å². The van der Waals surface area contributed by atoms with Crippen LogP contribution in [0.15, 0.2) is 30.8 Å². The Bertz CT molecular complexity index is 416. The smallest absolute Gasteiger partial charge is 0.0438 e. The first-order valence-electron chi connectivity index (χ1n) is 6.05. The van der Waals surface area contributed by atoms with E-state index in [1.165, 1.54) is 29.7 Å². The van der Waals surface area contributed by atoms with E-state index in [1.807, 2.05) is 0 Å². The molecule has 2 aliphatic heterocycles. The average molecular weight is 214 g/mol. The number of nitrogens with one attached hydrogen (secondary N) is 2. The molecule has 0 amide bonds. The first-order valence-corrected chi connectivity index (χ1v) is 6.05. The summed E-state index contributed by atoms with van der Waals surface area (Å²) in [6.45, 7) is 6.47. The highest BCUT2D eigenvalue weighted by atomic mass is 15.0. The molecular weight excluding hydrogens is 196 g/mol. The van der Waals surface area contributed by atoms with Gasteiger partial charge in [0, 0.05) is 16.8 Å². The van der Waals surface area contributed by atoms with Crippen LogP contribution < -0.4 is 10.6 Å². The van der Waals surface area contributed by atoms with Gasteiger partial charge in [-0.05, 0) is 44.0 Å². The molecule has 0 bridgehead atoms. The molecule has 2 aliphatic rings. The molecule has 1 aromatic carbocycles. The highest BCUT2D eigenvalue weighted by molar-refractivity contribution is 5.79. The third-order valence-electron chi connectivity index (χ3n) is 3.82. The molecule has 1 aromatic rings. The zero-order valence-electron chi connectivity index (χ0n) is 9.55. The van der Waals surface area contributed by atoms with Gasteiger partial charge in [0.15, 0.2) is 0 Å². The van der Waals surface area contributed by atoms with Crippen molar-refractivity contribution in [3.63, 3.8) is 0 Å². The number of anilines is 1. The molecule has 1 saturated heterocycles. The van der Waals surface area contributed by atoms with Crippen molar-refractivity contribution in [3.8, 4) is 0 Å². The second-order valence-electron chi connectivity index (χ2n) is 4.98. The summed E-state index contributed by atoms with van der Waals surface area (Å²) in [5.74, 6) is 0. The summed E-state index contributed by atoms with van der Waals surface area (Å²) >= 11 is 0. The summed E-state index contributed by atoms with van der Waals surface area (Å²) in [4.78, 5) is 0. The number of rotatable bonds is 0. The molecule has 0 aliphatic carbocycles. The van der Waals surface area contributed by atoms with Crippen LogP contribution in [-0.4, -0.2) is 18.6 Å². The summed E-state index contributed by atoms with van der Waals surface area (Å²) in [7, 11) is 0. The Kier molecular flexibility index (Phi) is 2.25. The summed E-state index contributed by atoms with van der Waals surface area (Å²) in [5, 5.41) is 7.17. The number of piperidine rings is 1. The first kappa shape index (κ1) is 9.91. The molecular formula is C14H18N2. The molecule has 3 rings (SSSR count). The Morgan fingerprint density at radius 1 is 1.12 bits per heavy atom. The lowest BCUT2D eigenvalue weighted by molar-refractivity contribution is 0.341. The largest absolute Gasteiger partial charge is 0.379 e. The zero-order chi connectivity index (χ0) is 11.0. The van der Waals surface area contributed by atoms with Crippen LogP contribution in [-0.2, 0) is 0 Å². The van der Waals surface area contributed by atoms with Gasteiger partial charge in [0.1, 0.15) is 0 Å². The van der Waals surface area contributed by atoms with Gasteiger partial charge in [-0.25, -0.2) is 0 Å². The van der Waals surface area contributed by atoms with Gasteiger partial charge in [0.05, 0.1) is 0 Å². The van der Waals surface area contributed by atoms with E-state index in [0.29, 0.717) is 0 Å². The molecule has 1 spiro atoms. The molecule has 2 heteroatoms. The van der Waals surface area contributed by atoms with Crippen molar-refractivity contribution in [3.05, 3.63) is 36.4 Å². The lowest BCUT2D eigenvalue weighted by atomic mass is 9.77. The summed E-state index contributed by atoms with van der Waals surface area (Å²) in [6.07, 6.45) is 3.48. The van der Waals surface area contributed by atoms with Crippen LogP contribution in [0.4, 0.5) is 5.69 Å². The third kappa shape index (κ3) is 1.54. The van der Waals surface area contributed by atoms with E-state index in [9.17, 15) is 0 Å². The normalized spacial score (nSPS) is 22.6. The first-order chi connectivity index (χ1) is 7.79.